The van der Waals surface area contributed by atoms with Crippen molar-refractivity contribution in [2.75, 3.05) is 87.0 Å². The van der Waals surface area contributed by atoms with Crippen LogP contribution in [0.3, 0.4) is 0 Å². The Bertz CT molecular complexity index is 3180. The summed E-state index contributed by atoms with van der Waals surface area (Å²) < 4.78 is 52.6. The molecule has 2 heterocycles. The molecule has 28 nitrogen and oxygen atoms in total. The number of Topliss-reactive ketones (excluding diaryl/α,β-unsaturated/α-hetero) is 1. The number of nitrogens with zero attached hydrogens (tertiary/aromatic N) is 5. The highest BCUT2D eigenvalue weighted by Gasteiger charge is 2.47. The second-order valence-electron chi connectivity index (χ2n) is 27.9. The number of alkyl carbamates (subject to hydrolysis) is 1. The second-order valence-corrected chi connectivity index (χ2v) is 27.9. The fourth-order valence-corrected chi connectivity index (χ4v) is 13.0. The number of hydrogen-bond donors (Lipinski definition) is 7. The summed E-state index contributed by atoms with van der Waals surface area (Å²) in [5.41, 5.74) is 5.95. The third kappa shape index (κ3) is 26.8. The van der Waals surface area contributed by atoms with Crippen LogP contribution in [0.4, 0.5) is 28.9 Å². The first kappa shape index (κ1) is 86.8. The predicted octanol–water partition coefficient (Wildman–Crippen LogP) is 5.83. The lowest BCUT2D eigenvalue weighted by Gasteiger charge is -2.41. The number of amides is 12. The molecule has 1 fully saturated rings. The van der Waals surface area contributed by atoms with E-state index in [4.69, 9.17) is 24.7 Å². The van der Waals surface area contributed by atoms with Crippen LogP contribution in [0, 0.1) is 47.1 Å². The van der Waals surface area contributed by atoms with Crippen LogP contribution < -0.4 is 37.6 Å². The molecule has 2 unspecified atom stereocenters. The van der Waals surface area contributed by atoms with Crippen molar-refractivity contribution in [3.63, 3.8) is 0 Å². The summed E-state index contributed by atoms with van der Waals surface area (Å²) in [4.78, 5) is 167. The number of primary amides is 1. The maximum atomic E-state index is 15.0. The van der Waals surface area contributed by atoms with Crippen molar-refractivity contribution in [3.05, 3.63) is 77.4 Å². The van der Waals surface area contributed by atoms with E-state index >= 15 is 4.79 Å². The Labute approximate surface area is 604 Å². The van der Waals surface area contributed by atoms with Gasteiger partial charge in [-0.3, -0.25) is 53.0 Å². The van der Waals surface area contributed by atoms with E-state index in [0.29, 0.717) is 43.4 Å². The van der Waals surface area contributed by atoms with Crippen LogP contribution in [-0.2, 0) is 75.1 Å². The van der Waals surface area contributed by atoms with Gasteiger partial charge < -0.3 is 71.3 Å². The van der Waals surface area contributed by atoms with Crippen molar-refractivity contribution in [3.8, 4) is 0 Å². The van der Waals surface area contributed by atoms with Crippen molar-refractivity contribution in [2.24, 2.45) is 41.2 Å². The van der Waals surface area contributed by atoms with Crippen molar-refractivity contribution in [1.82, 2.24) is 51.1 Å². The summed E-state index contributed by atoms with van der Waals surface area (Å²) in [7, 11) is 9.48. The zero-order chi connectivity index (χ0) is 76.9. The number of likely N-dealkylation sites (N-methyl/N-ethyl adjacent to an activating group) is 3. The number of methoxy groups -OCH3 is 2. The van der Waals surface area contributed by atoms with Gasteiger partial charge in [-0.15, -0.1) is 0 Å². The van der Waals surface area contributed by atoms with Crippen molar-refractivity contribution in [2.45, 2.75) is 188 Å². The van der Waals surface area contributed by atoms with Gasteiger partial charge in [-0.05, 0) is 99.7 Å². The van der Waals surface area contributed by atoms with Gasteiger partial charge in [0.2, 0.25) is 35.4 Å². The lowest BCUT2D eigenvalue weighted by Crippen LogP contribution is -2.59. The van der Waals surface area contributed by atoms with Crippen LogP contribution in [0.25, 0.3) is 0 Å². The molecule has 2 aliphatic rings. The van der Waals surface area contributed by atoms with Crippen LogP contribution in [0.1, 0.15) is 138 Å². The number of anilines is 1. The number of benzene rings is 2. The highest BCUT2D eigenvalue weighted by molar-refractivity contribution is 6.12. The lowest BCUT2D eigenvalue weighted by molar-refractivity contribution is -0.148. The minimum Gasteiger partial charge on any atom is -0.445 e. The number of nitrogens with two attached hydrogens (primary N) is 1. The number of rotatable bonds is 43. The van der Waals surface area contributed by atoms with Gasteiger partial charge in [-0.2, -0.15) is 0 Å². The number of ether oxygens (including phenoxy) is 4. The van der Waals surface area contributed by atoms with E-state index in [1.54, 1.807) is 76.0 Å². The number of ketones is 1. The average molecular weight is 1450 g/mol. The largest absolute Gasteiger partial charge is 0.445 e. The summed E-state index contributed by atoms with van der Waals surface area (Å²) in [5.74, 6) is -7.95. The zero-order valence-corrected chi connectivity index (χ0v) is 62.6. The third-order valence-corrected chi connectivity index (χ3v) is 18.9. The first-order valence-corrected chi connectivity index (χ1v) is 35.6. The maximum absolute atomic E-state index is 15.0. The molecule has 2 aromatic rings. The van der Waals surface area contributed by atoms with E-state index in [9.17, 15) is 61.5 Å². The minimum atomic E-state index is -1.01. The number of nitrogens with one attached hydrogen (secondary N) is 6. The molecule has 574 valence electrons. The van der Waals surface area contributed by atoms with Gasteiger partial charge in [0.15, 0.2) is 5.78 Å². The maximum Gasteiger partial charge on any atom is 0.409 e. The third-order valence-electron chi connectivity index (χ3n) is 18.9. The van der Waals surface area contributed by atoms with Crippen LogP contribution in [0.15, 0.2) is 54.6 Å². The molecule has 0 bridgehead atoms. The van der Waals surface area contributed by atoms with Crippen LogP contribution >= 0.6 is 0 Å². The molecule has 103 heavy (non-hydrogen) atoms. The lowest BCUT2D eigenvalue weighted by atomic mass is 9.89. The quantitative estimate of drug-likeness (QED) is 0.0303. The molecule has 0 aromatic heterocycles. The second kappa shape index (κ2) is 42.8. The fraction of sp³-hybridized carbons (Fsp3) is 0.644. The Morgan fingerprint density at radius 3 is 1.92 bits per heavy atom. The van der Waals surface area contributed by atoms with Gasteiger partial charge in [0.1, 0.15) is 30.4 Å². The average Bonchev–Trinajstić information content (AvgIpc) is 1.73. The highest BCUT2D eigenvalue weighted by atomic mass is 19.1. The first-order chi connectivity index (χ1) is 48.6. The summed E-state index contributed by atoms with van der Waals surface area (Å²) in [6, 6.07) is 5.22. The topological polar surface area (TPSA) is 356 Å². The van der Waals surface area contributed by atoms with Gasteiger partial charge in [0.25, 0.3) is 11.8 Å². The Morgan fingerprint density at radius 2 is 1.35 bits per heavy atom. The number of urea groups is 1. The number of halogens is 2. The number of likely N-dealkylation sites (tertiary alicyclic amines) is 1. The molecule has 0 aliphatic carbocycles. The molecule has 2 aromatic carbocycles. The van der Waals surface area contributed by atoms with E-state index in [1.165, 1.54) is 49.3 Å². The van der Waals surface area contributed by atoms with Gasteiger partial charge in [0.05, 0.1) is 55.3 Å². The SMILES string of the molecule is CC[C@H](C)C([C@@H](CC(=O)N1C[C@@H](OC(=O)N(C)CCNC(=O)OCc2ccc(NC(=O)C(CCCNC(N)=O)CC(=O)[C@@H](NC(=O)CCCCCN3C(=O)C=CC3=O)C(C)C)cc2)C[C@H]1[C@H](OC)[C@@H](C)C(=O)NCCc1c(F)cccc1F)OC)N(C)C(=O)[C@@H](NC(=O)[C@H](C(C)C)N(C)C)C(C)C. The van der Waals surface area contributed by atoms with E-state index in [0.717, 1.165) is 17.0 Å². The number of hydrogen-bond acceptors (Lipinski definition) is 17. The normalized spacial score (nSPS) is 17.0. The van der Waals surface area contributed by atoms with Crippen molar-refractivity contribution in [1.29, 1.82) is 0 Å². The van der Waals surface area contributed by atoms with E-state index < -0.39 is 108 Å². The summed E-state index contributed by atoms with van der Waals surface area (Å²) >= 11 is 0. The van der Waals surface area contributed by atoms with Crippen LogP contribution in [0.5, 0.6) is 0 Å². The standard InChI is InChI=1S/C73H112F2N12O16/c1-16-46(8)65(85(13)70(96)63(44(4)5)82-69(95)64(45(6)7)83(10)11)57(100-14)40-61(92)87-41-51(39-55(87)66(101-15)47(9)67(93)77-34-32-52-53(74)23-20-24-54(52)75)103-73(99)84(12)37-35-79-72(98)102-42-48-26-28-50(29-27-48)80-68(94)49(22-21-33-78-71(76)97)38-56(88)62(43(2)3)81-58(89)25-18-17-19-36-86-59(90)30-31-60(86)91/h20,23-24,26-31,43-47,49,51,55,57,62-66H,16-19,21-22,25,32-42H2,1-15H3,(H,77,93)(H,79,98)(H,80,94)(H,81,89)(H,82,95)(H3,76,78,97)/t46-,47+,49?,51-,55-,57+,62-,63-,64-,65?,66+/m0/s1. The van der Waals surface area contributed by atoms with Gasteiger partial charge >= 0.3 is 18.2 Å². The monoisotopic (exact) mass is 1450 g/mol. The first-order valence-electron chi connectivity index (χ1n) is 35.6. The number of unbranched alkanes of at least 4 members (excludes halogenated alkanes) is 2. The molecular weight excluding hydrogens is 1340 g/mol. The number of imide groups is 1. The minimum absolute atomic E-state index is 0.00505. The predicted molar refractivity (Wildman–Crippen MR) is 381 cm³/mol. The molecule has 0 radical (unpaired) electrons. The van der Waals surface area contributed by atoms with E-state index in [1.807, 2.05) is 41.5 Å². The van der Waals surface area contributed by atoms with Gasteiger partial charge in [-0.1, -0.05) is 93.4 Å². The summed E-state index contributed by atoms with van der Waals surface area (Å²) in [5, 5.41) is 16.4. The molecule has 2 aliphatic heterocycles. The molecule has 0 spiro atoms. The van der Waals surface area contributed by atoms with Gasteiger partial charge in [-0.25, -0.2) is 23.2 Å². The van der Waals surface area contributed by atoms with Crippen molar-refractivity contribution >= 4 is 76.9 Å². The smallest absolute Gasteiger partial charge is 0.409 e. The molecule has 8 N–H and O–H groups in total. The molecule has 11 atom stereocenters. The Hall–Kier alpha value is -8.64. The molecule has 0 saturated carbocycles. The highest BCUT2D eigenvalue weighted by Crippen LogP contribution is 2.32. The Kier molecular flexibility index (Phi) is 36.1. The molecule has 12 amide bonds. The Balaban J connectivity index is 1.40. The van der Waals surface area contributed by atoms with Crippen LogP contribution in [-0.4, -0.2) is 226 Å². The van der Waals surface area contributed by atoms with Crippen molar-refractivity contribution < 1.29 is 85.3 Å². The molecule has 4 rings (SSSR count). The number of carbonyl (C=O) groups excluding carboxylic acids is 12. The van der Waals surface area contributed by atoms with Crippen LogP contribution in [0.2, 0.25) is 0 Å². The summed E-state index contributed by atoms with van der Waals surface area (Å²) in [6.45, 7) is 16.3. The van der Waals surface area contributed by atoms with E-state index in [2.05, 4.69) is 31.9 Å². The van der Waals surface area contributed by atoms with E-state index in [-0.39, 0.29) is 149 Å². The molecule has 30 heteroatoms. The molecular formula is C73H112F2N12O16. The summed E-state index contributed by atoms with van der Waals surface area (Å²) in [6.07, 6.45) is -0.0226. The number of carbonyl (C=O) groups is 12. The molecule has 1 saturated heterocycles. The zero-order valence-electron chi connectivity index (χ0n) is 62.6. The fourth-order valence-electron chi connectivity index (χ4n) is 13.0. The Morgan fingerprint density at radius 1 is 0.709 bits per heavy atom. The van der Waals surface area contributed by atoms with Gasteiger partial charge in [0, 0.05) is 110 Å².